The molecule has 1 aliphatic rings. The van der Waals surface area contributed by atoms with Crippen molar-refractivity contribution in [2.45, 2.75) is 25.1 Å². The van der Waals surface area contributed by atoms with Gasteiger partial charge in [0.15, 0.2) is 0 Å². The highest BCUT2D eigenvalue weighted by Gasteiger charge is 2.30. The first-order valence-electron chi connectivity index (χ1n) is 6.28. The average molecular weight is 288 g/mol. The zero-order chi connectivity index (χ0) is 14.8. The summed E-state index contributed by atoms with van der Waals surface area (Å²) in [6.45, 7) is 1.18. The average Bonchev–Trinajstić information content (AvgIpc) is 2.37. The lowest BCUT2D eigenvalue weighted by Crippen LogP contribution is -2.47. The van der Waals surface area contributed by atoms with Crippen LogP contribution in [0.3, 0.4) is 0 Å². The molecule has 1 aliphatic heterocycles. The number of benzene rings is 1. The Bertz CT molecular complexity index is 473. The minimum Gasteiger partial charge on any atom is -0.465 e. The molecule has 110 valence electrons. The van der Waals surface area contributed by atoms with Crippen molar-refractivity contribution in [1.82, 2.24) is 5.32 Å². The number of alkyl halides is 3. The van der Waals surface area contributed by atoms with Crippen LogP contribution in [0.4, 0.5) is 23.7 Å². The second-order valence-electron chi connectivity index (χ2n) is 4.78. The quantitative estimate of drug-likeness (QED) is 0.879. The number of piperidine rings is 1. The summed E-state index contributed by atoms with van der Waals surface area (Å²) in [6.07, 6.45) is -3.88. The number of carbonyl (C=O) groups is 1. The van der Waals surface area contributed by atoms with E-state index in [1.54, 1.807) is 0 Å². The zero-order valence-electron chi connectivity index (χ0n) is 10.7. The number of anilines is 1. The summed E-state index contributed by atoms with van der Waals surface area (Å²) >= 11 is 0. The highest BCUT2D eigenvalue weighted by molar-refractivity contribution is 5.65. The Morgan fingerprint density at radius 2 is 1.95 bits per heavy atom. The van der Waals surface area contributed by atoms with Gasteiger partial charge in [0.05, 0.1) is 5.56 Å². The molecule has 1 amide bonds. The van der Waals surface area contributed by atoms with Crippen LogP contribution >= 0.6 is 0 Å². The Morgan fingerprint density at radius 1 is 1.30 bits per heavy atom. The van der Waals surface area contributed by atoms with Gasteiger partial charge in [-0.15, -0.1) is 0 Å². The summed E-state index contributed by atoms with van der Waals surface area (Å²) in [5, 5.41) is 11.1. The van der Waals surface area contributed by atoms with Gasteiger partial charge in [-0.1, -0.05) is 0 Å². The van der Waals surface area contributed by atoms with Crippen molar-refractivity contribution >= 4 is 11.8 Å². The standard InChI is InChI=1S/C13H15F3N2O2/c14-13(15,16)9-3-5-11(6-4-9)18-7-1-2-10(8-18)17-12(19)20/h3-6,10,17H,1-2,7-8H2,(H,19,20). The van der Waals surface area contributed by atoms with Crippen LogP contribution < -0.4 is 10.2 Å². The first kappa shape index (κ1) is 14.5. The van der Waals surface area contributed by atoms with Gasteiger partial charge in [-0.2, -0.15) is 13.2 Å². The van der Waals surface area contributed by atoms with Gasteiger partial charge >= 0.3 is 12.3 Å². The molecule has 0 aromatic heterocycles. The Kier molecular flexibility index (Phi) is 4.06. The molecule has 20 heavy (non-hydrogen) atoms. The second kappa shape index (κ2) is 5.60. The molecule has 4 nitrogen and oxygen atoms in total. The van der Waals surface area contributed by atoms with Gasteiger partial charge < -0.3 is 15.3 Å². The fourth-order valence-corrected chi connectivity index (χ4v) is 2.37. The summed E-state index contributed by atoms with van der Waals surface area (Å²) < 4.78 is 37.4. The van der Waals surface area contributed by atoms with E-state index in [0.717, 1.165) is 25.0 Å². The predicted octanol–water partition coefficient (Wildman–Crippen LogP) is 2.94. The fraction of sp³-hybridized carbons (Fsp3) is 0.462. The van der Waals surface area contributed by atoms with E-state index in [4.69, 9.17) is 5.11 Å². The van der Waals surface area contributed by atoms with Crippen molar-refractivity contribution in [3.63, 3.8) is 0 Å². The van der Waals surface area contributed by atoms with E-state index >= 15 is 0 Å². The van der Waals surface area contributed by atoms with Crippen LogP contribution in [0.25, 0.3) is 0 Å². The molecule has 1 heterocycles. The monoisotopic (exact) mass is 288 g/mol. The van der Waals surface area contributed by atoms with Crippen LogP contribution in [0.1, 0.15) is 18.4 Å². The third-order valence-corrected chi connectivity index (χ3v) is 3.31. The molecule has 1 unspecified atom stereocenters. The summed E-state index contributed by atoms with van der Waals surface area (Å²) in [5.74, 6) is 0. The van der Waals surface area contributed by atoms with Crippen molar-refractivity contribution in [2.24, 2.45) is 0 Å². The van der Waals surface area contributed by atoms with Crippen molar-refractivity contribution in [1.29, 1.82) is 0 Å². The SMILES string of the molecule is O=C(O)NC1CCCN(c2ccc(C(F)(F)F)cc2)C1. The van der Waals surface area contributed by atoms with Gasteiger partial charge in [-0.05, 0) is 37.1 Å². The number of amides is 1. The van der Waals surface area contributed by atoms with E-state index in [-0.39, 0.29) is 6.04 Å². The molecule has 2 rings (SSSR count). The molecule has 1 fully saturated rings. The van der Waals surface area contributed by atoms with Crippen LogP contribution in [0, 0.1) is 0 Å². The third-order valence-electron chi connectivity index (χ3n) is 3.31. The maximum Gasteiger partial charge on any atom is 0.416 e. The maximum atomic E-state index is 12.5. The predicted molar refractivity (Wildman–Crippen MR) is 67.8 cm³/mol. The lowest BCUT2D eigenvalue weighted by atomic mass is 10.0. The van der Waals surface area contributed by atoms with Crippen LogP contribution in [-0.2, 0) is 6.18 Å². The van der Waals surface area contributed by atoms with Crippen LogP contribution in [0.2, 0.25) is 0 Å². The molecule has 0 radical (unpaired) electrons. The molecule has 1 atom stereocenters. The molecule has 1 saturated heterocycles. The number of halogens is 3. The van der Waals surface area contributed by atoms with Crippen molar-refractivity contribution in [3.8, 4) is 0 Å². The molecule has 1 aromatic rings. The minimum absolute atomic E-state index is 0.191. The maximum absolute atomic E-state index is 12.5. The first-order valence-corrected chi connectivity index (χ1v) is 6.28. The summed E-state index contributed by atoms with van der Waals surface area (Å²) in [7, 11) is 0. The van der Waals surface area contributed by atoms with Gasteiger partial charge in [-0.3, -0.25) is 0 Å². The summed E-state index contributed by atoms with van der Waals surface area (Å²) in [5.41, 5.74) is -0.00615. The van der Waals surface area contributed by atoms with Crippen LogP contribution in [0.15, 0.2) is 24.3 Å². The van der Waals surface area contributed by atoms with E-state index in [1.165, 1.54) is 12.1 Å². The smallest absolute Gasteiger partial charge is 0.416 e. The first-order chi connectivity index (χ1) is 9.36. The number of hydrogen-bond acceptors (Lipinski definition) is 2. The highest BCUT2D eigenvalue weighted by atomic mass is 19.4. The van der Waals surface area contributed by atoms with Gasteiger partial charge in [0.2, 0.25) is 0 Å². The number of nitrogens with one attached hydrogen (secondary N) is 1. The summed E-state index contributed by atoms with van der Waals surface area (Å²) in [6, 6.07) is 4.74. The van der Waals surface area contributed by atoms with Gasteiger partial charge in [0, 0.05) is 24.8 Å². The Morgan fingerprint density at radius 3 is 2.50 bits per heavy atom. The van der Waals surface area contributed by atoms with E-state index in [0.29, 0.717) is 18.8 Å². The topological polar surface area (TPSA) is 52.6 Å². The van der Waals surface area contributed by atoms with E-state index < -0.39 is 17.8 Å². The molecular weight excluding hydrogens is 273 g/mol. The number of carboxylic acid groups (broad SMARTS) is 1. The Balaban J connectivity index is 2.05. The van der Waals surface area contributed by atoms with Crippen LogP contribution in [-0.4, -0.2) is 30.3 Å². The molecule has 2 N–H and O–H groups in total. The van der Waals surface area contributed by atoms with E-state index in [9.17, 15) is 18.0 Å². The molecule has 0 saturated carbocycles. The van der Waals surface area contributed by atoms with Gasteiger partial charge in [0.1, 0.15) is 0 Å². The molecular formula is C13H15F3N2O2. The zero-order valence-corrected chi connectivity index (χ0v) is 10.7. The Labute approximate surface area is 114 Å². The largest absolute Gasteiger partial charge is 0.465 e. The molecule has 1 aromatic carbocycles. The molecule has 0 aliphatic carbocycles. The molecule has 0 spiro atoms. The molecule has 0 bridgehead atoms. The second-order valence-corrected chi connectivity index (χ2v) is 4.78. The van der Waals surface area contributed by atoms with Gasteiger partial charge in [0.25, 0.3) is 0 Å². The van der Waals surface area contributed by atoms with Crippen molar-refractivity contribution in [2.75, 3.05) is 18.0 Å². The molecule has 7 heteroatoms. The summed E-state index contributed by atoms with van der Waals surface area (Å²) in [4.78, 5) is 12.5. The van der Waals surface area contributed by atoms with Crippen molar-refractivity contribution < 1.29 is 23.1 Å². The van der Waals surface area contributed by atoms with Gasteiger partial charge in [-0.25, -0.2) is 4.79 Å². The number of hydrogen-bond donors (Lipinski definition) is 2. The van der Waals surface area contributed by atoms with E-state index in [1.807, 2.05) is 4.90 Å². The third kappa shape index (κ3) is 3.55. The van der Waals surface area contributed by atoms with Crippen LogP contribution in [0.5, 0.6) is 0 Å². The van der Waals surface area contributed by atoms with Crippen molar-refractivity contribution in [3.05, 3.63) is 29.8 Å². The fourth-order valence-electron chi connectivity index (χ4n) is 2.37. The van der Waals surface area contributed by atoms with E-state index in [2.05, 4.69) is 5.32 Å². The Hall–Kier alpha value is -1.92. The lowest BCUT2D eigenvalue weighted by molar-refractivity contribution is -0.137. The lowest BCUT2D eigenvalue weighted by Gasteiger charge is -2.34. The highest BCUT2D eigenvalue weighted by Crippen LogP contribution is 2.31. The number of nitrogens with zero attached hydrogens (tertiary/aromatic N) is 1. The normalized spacial score (nSPS) is 19.8. The number of rotatable bonds is 2. The minimum atomic E-state index is -4.34.